The molecule has 0 atom stereocenters. The molecule has 0 saturated carbocycles. The van der Waals surface area contributed by atoms with Crippen molar-refractivity contribution in [3.8, 4) is 0 Å². The van der Waals surface area contributed by atoms with Crippen LogP contribution in [0.15, 0.2) is 48.5 Å². The van der Waals surface area contributed by atoms with Gasteiger partial charge in [-0.25, -0.2) is 0 Å². The second kappa shape index (κ2) is 8.02. The highest BCUT2D eigenvalue weighted by Crippen LogP contribution is 2.46. The van der Waals surface area contributed by atoms with Crippen LogP contribution in [0.4, 0.5) is 11.4 Å². The number of para-hydroxylation sites is 2. The van der Waals surface area contributed by atoms with Crippen LogP contribution >= 0.6 is 0 Å². The molecule has 0 fully saturated rings. The molecule has 4 nitrogen and oxygen atoms in total. The molecule has 4 rings (SSSR count). The molecule has 0 bridgehead atoms. The smallest absolute Gasteiger partial charge is 0.243 e. The van der Waals surface area contributed by atoms with Crippen LogP contribution in [0.2, 0.25) is 0 Å². The summed E-state index contributed by atoms with van der Waals surface area (Å²) in [6, 6.07) is 16.2. The molecule has 0 aliphatic carbocycles. The molecule has 0 radical (unpaired) electrons. The van der Waals surface area contributed by atoms with Crippen LogP contribution in [0.25, 0.3) is 0 Å². The van der Waals surface area contributed by atoms with Crippen molar-refractivity contribution in [2.75, 3.05) is 22.9 Å². The Morgan fingerprint density at radius 2 is 1.14 bits per heavy atom. The summed E-state index contributed by atoms with van der Waals surface area (Å²) >= 11 is 0. The number of carbonyl (C=O) groups is 2. The van der Waals surface area contributed by atoms with E-state index < -0.39 is 5.41 Å². The van der Waals surface area contributed by atoms with E-state index in [0.717, 1.165) is 48.2 Å². The van der Waals surface area contributed by atoms with Crippen molar-refractivity contribution < 1.29 is 9.59 Å². The molecule has 0 aromatic heterocycles. The summed E-state index contributed by atoms with van der Waals surface area (Å²) in [4.78, 5) is 31.5. The van der Waals surface area contributed by atoms with Gasteiger partial charge in [0.1, 0.15) is 5.41 Å². The van der Waals surface area contributed by atoms with Gasteiger partial charge in [0.05, 0.1) is 0 Å². The zero-order chi connectivity index (χ0) is 20.4. The van der Waals surface area contributed by atoms with Crippen molar-refractivity contribution in [2.45, 2.75) is 52.4 Å². The van der Waals surface area contributed by atoms with E-state index >= 15 is 0 Å². The third-order valence-corrected chi connectivity index (χ3v) is 6.33. The van der Waals surface area contributed by atoms with E-state index in [-0.39, 0.29) is 11.8 Å². The van der Waals surface area contributed by atoms with Gasteiger partial charge in [0.15, 0.2) is 0 Å². The lowest BCUT2D eigenvalue weighted by Crippen LogP contribution is -2.61. The summed E-state index contributed by atoms with van der Waals surface area (Å²) in [7, 11) is 0. The molecule has 0 N–H and O–H groups in total. The third kappa shape index (κ3) is 3.25. The highest BCUT2D eigenvalue weighted by molar-refractivity contribution is 6.19. The number of anilines is 2. The third-order valence-electron chi connectivity index (χ3n) is 6.33. The molecular formula is C25H30N2O2. The van der Waals surface area contributed by atoms with E-state index in [1.54, 1.807) is 0 Å². The summed E-state index contributed by atoms with van der Waals surface area (Å²) in [5, 5.41) is 0. The number of unbranched alkanes of at least 4 members (excludes halogenated alkanes) is 2. The first-order valence-corrected chi connectivity index (χ1v) is 10.9. The number of carbonyl (C=O) groups excluding carboxylic acids is 2. The molecule has 2 heterocycles. The molecule has 2 aromatic rings. The monoisotopic (exact) mass is 390 g/mol. The second-order valence-electron chi connectivity index (χ2n) is 8.31. The standard InChI is InChI=1S/C25H30N2O2/c1-3-5-15-26-21-13-9-7-11-19(21)17-25(23(26)28)18-20-12-8-10-14-22(20)27(24(25)29)16-6-4-2/h7-14H,3-6,15-18H2,1-2H3. The average molecular weight is 391 g/mol. The van der Waals surface area contributed by atoms with Gasteiger partial charge < -0.3 is 9.80 Å². The van der Waals surface area contributed by atoms with Gasteiger partial charge >= 0.3 is 0 Å². The van der Waals surface area contributed by atoms with Crippen LogP contribution in [0.5, 0.6) is 0 Å². The summed E-state index contributed by atoms with van der Waals surface area (Å²) in [5.41, 5.74) is 3.13. The maximum absolute atomic E-state index is 13.9. The number of hydrogen-bond acceptors (Lipinski definition) is 2. The van der Waals surface area contributed by atoms with Crippen LogP contribution in [-0.2, 0) is 22.4 Å². The zero-order valence-corrected chi connectivity index (χ0v) is 17.5. The maximum atomic E-state index is 13.9. The molecule has 4 heteroatoms. The van der Waals surface area contributed by atoms with Crippen LogP contribution in [0.1, 0.15) is 50.7 Å². The Labute approximate surface area is 173 Å². The molecule has 29 heavy (non-hydrogen) atoms. The number of rotatable bonds is 6. The fraction of sp³-hybridized carbons (Fsp3) is 0.440. The minimum atomic E-state index is -1.02. The van der Waals surface area contributed by atoms with Gasteiger partial charge in [0, 0.05) is 24.5 Å². The zero-order valence-electron chi connectivity index (χ0n) is 17.5. The lowest BCUT2D eigenvalue weighted by molar-refractivity contribution is -0.141. The number of benzene rings is 2. The summed E-state index contributed by atoms with van der Waals surface area (Å²) < 4.78 is 0. The van der Waals surface area contributed by atoms with Gasteiger partial charge in [0.25, 0.3) is 0 Å². The Hall–Kier alpha value is -2.62. The van der Waals surface area contributed by atoms with Gasteiger partial charge in [-0.3, -0.25) is 9.59 Å². The largest absolute Gasteiger partial charge is 0.311 e. The van der Waals surface area contributed by atoms with Crippen molar-refractivity contribution in [1.29, 1.82) is 0 Å². The minimum absolute atomic E-state index is 0.0225. The fourth-order valence-corrected chi connectivity index (χ4v) is 4.77. The highest BCUT2D eigenvalue weighted by atomic mass is 16.2. The van der Waals surface area contributed by atoms with E-state index in [1.165, 1.54) is 0 Å². The number of fused-ring (bicyclic) bond motifs is 2. The number of nitrogens with zero attached hydrogens (tertiary/aromatic N) is 2. The van der Waals surface area contributed by atoms with Gasteiger partial charge in [0.2, 0.25) is 11.8 Å². The minimum Gasteiger partial charge on any atom is -0.311 e. The lowest BCUT2D eigenvalue weighted by Gasteiger charge is -2.47. The van der Waals surface area contributed by atoms with Crippen LogP contribution in [0.3, 0.4) is 0 Å². The van der Waals surface area contributed by atoms with Crippen molar-refractivity contribution >= 4 is 23.2 Å². The van der Waals surface area contributed by atoms with Gasteiger partial charge in [-0.1, -0.05) is 63.1 Å². The van der Waals surface area contributed by atoms with Crippen LogP contribution in [0, 0.1) is 5.41 Å². The number of amides is 2. The molecule has 1 spiro atoms. The van der Waals surface area contributed by atoms with Gasteiger partial charge in [-0.15, -0.1) is 0 Å². The Morgan fingerprint density at radius 3 is 1.55 bits per heavy atom. The van der Waals surface area contributed by atoms with Crippen molar-refractivity contribution in [1.82, 2.24) is 0 Å². The first-order valence-electron chi connectivity index (χ1n) is 10.9. The Kier molecular flexibility index (Phi) is 5.44. The first kappa shape index (κ1) is 19.7. The quantitative estimate of drug-likeness (QED) is 0.668. The Bertz CT molecular complexity index is 845. The van der Waals surface area contributed by atoms with Crippen molar-refractivity contribution in [3.05, 3.63) is 59.7 Å². The van der Waals surface area contributed by atoms with Crippen LogP contribution in [-0.4, -0.2) is 24.9 Å². The molecule has 2 aliphatic heterocycles. The van der Waals surface area contributed by atoms with E-state index in [2.05, 4.69) is 26.0 Å². The molecule has 2 aromatic carbocycles. The maximum Gasteiger partial charge on any atom is 0.243 e. The highest BCUT2D eigenvalue weighted by Gasteiger charge is 2.55. The Morgan fingerprint density at radius 1 is 0.724 bits per heavy atom. The average Bonchev–Trinajstić information content (AvgIpc) is 2.74. The first-order chi connectivity index (χ1) is 14.1. The van der Waals surface area contributed by atoms with E-state index in [9.17, 15) is 9.59 Å². The second-order valence-corrected chi connectivity index (χ2v) is 8.31. The summed E-state index contributed by atoms with van der Waals surface area (Å²) in [6.07, 6.45) is 4.86. The molecule has 2 aliphatic rings. The topological polar surface area (TPSA) is 40.6 Å². The lowest BCUT2D eigenvalue weighted by atomic mass is 9.69. The molecule has 0 saturated heterocycles. The fourth-order valence-electron chi connectivity index (χ4n) is 4.77. The molecular weight excluding hydrogens is 360 g/mol. The molecule has 2 amide bonds. The van der Waals surface area contributed by atoms with E-state index in [0.29, 0.717) is 25.9 Å². The van der Waals surface area contributed by atoms with Crippen molar-refractivity contribution in [2.24, 2.45) is 5.41 Å². The van der Waals surface area contributed by atoms with Crippen LogP contribution < -0.4 is 9.80 Å². The van der Waals surface area contributed by atoms with Crippen molar-refractivity contribution in [3.63, 3.8) is 0 Å². The molecule has 152 valence electrons. The predicted octanol–water partition coefficient (Wildman–Crippen LogP) is 4.75. The van der Waals surface area contributed by atoms with Gasteiger partial charge in [-0.05, 0) is 48.9 Å². The number of hydrogen-bond donors (Lipinski definition) is 0. The molecule has 0 unspecified atom stereocenters. The summed E-state index contributed by atoms with van der Waals surface area (Å²) in [5.74, 6) is -0.0451. The van der Waals surface area contributed by atoms with Gasteiger partial charge in [-0.2, -0.15) is 0 Å². The normalized spacial score (nSPS) is 17.4. The van der Waals surface area contributed by atoms with E-state index in [4.69, 9.17) is 0 Å². The SMILES string of the molecule is CCCCN1C(=O)C2(Cc3ccccc31)Cc1ccccc1N(CCCC)C2=O. The summed E-state index contributed by atoms with van der Waals surface area (Å²) in [6.45, 7) is 5.59. The Balaban J connectivity index is 1.82. The van der Waals surface area contributed by atoms with E-state index in [1.807, 2.05) is 46.2 Å². The predicted molar refractivity (Wildman–Crippen MR) is 117 cm³/mol.